The lowest BCUT2D eigenvalue weighted by atomic mass is 10.3. The Morgan fingerprint density at radius 2 is 1.71 bits per heavy atom. The fourth-order valence-electron chi connectivity index (χ4n) is 0.919. The number of allylic oxidation sites excluding steroid dienone is 1. The Hall–Kier alpha value is -0.773. The highest BCUT2D eigenvalue weighted by Gasteiger charge is 2.19. The molecule has 4 heteroatoms. The maximum Gasteiger partial charge on any atom is 0.337 e. The first-order chi connectivity index (χ1) is 6.28. The zero-order chi connectivity index (χ0) is 11.4. The lowest BCUT2D eigenvalue weighted by molar-refractivity contribution is -0.138. The van der Waals surface area contributed by atoms with E-state index in [1.807, 2.05) is 6.92 Å². The molecule has 0 fully saturated rings. The SMILES string of the molecule is CCOC(=O)/C(C)=C(\C)O[Si](C)(C)C. The van der Waals surface area contributed by atoms with Crippen LogP contribution >= 0.6 is 0 Å². The molecule has 0 rings (SSSR count). The van der Waals surface area contributed by atoms with E-state index in [1.54, 1.807) is 13.8 Å². The van der Waals surface area contributed by atoms with E-state index in [9.17, 15) is 4.79 Å². The largest absolute Gasteiger partial charge is 0.547 e. The van der Waals surface area contributed by atoms with Gasteiger partial charge < -0.3 is 9.16 Å². The van der Waals surface area contributed by atoms with Crippen molar-refractivity contribution < 1.29 is 14.0 Å². The highest BCUT2D eigenvalue weighted by Crippen LogP contribution is 2.14. The van der Waals surface area contributed by atoms with Gasteiger partial charge in [0, 0.05) is 0 Å². The Labute approximate surface area is 87.2 Å². The standard InChI is InChI=1S/C10H20O3Si/c1-7-12-10(11)8(2)9(3)13-14(4,5)6/h7H2,1-6H3/b9-8+. The Morgan fingerprint density at radius 3 is 2.07 bits per heavy atom. The van der Waals surface area contributed by atoms with Crippen LogP contribution in [0.1, 0.15) is 20.8 Å². The highest BCUT2D eigenvalue weighted by molar-refractivity contribution is 6.70. The van der Waals surface area contributed by atoms with Gasteiger partial charge in [-0.05, 0) is 40.4 Å². The van der Waals surface area contributed by atoms with Crippen molar-refractivity contribution in [3.63, 3.8) is 0 Å². The van der Waals surface area contributed by atoms with Crippen molar-refractivity contribution in [3.8, 4) is 0 Å². The van der Waals surface area contributed by atoms with Gasteiger partial charge in [0.1, 0.15) is 0 Å². The Balaban J connectivity index is 4.51. The maximum absolute atomic E-state index is 11.3. The van der Waals surface area contributed by atoms with Crippen LogP contribution in [0.3, 0.4) is 0 Å². The minimum absolute atomic E-state index is 0.289. The molecule has 0 amide bonds. The summed E-state index contributed by atoms with van der Waals surface area (Å²) < 4.78 is 10.6. The molecule has 0 saturated heterocycles. The second-order valence-corrected chi connectivity index (χ2v) is 8.54. The van der Waals surface area contributed by atoms with E-state index in [2.05, 4.69) is 19.6 Å². The van der Waals surface area contributed by atoms with Crippen molar-refractivity contribution in [2.24, 2.45) is 0 Å². The smallest absolute Gasteiger partial charge is 0.337 e. The first-order valence-corrected chi connectivity index (χ1v) is 8.22. The van der Waals surface area contributed by atoms with E-state index in [1.165, 1.54) is 0 Å². The summed E-state index contributed by atoms with van der Waals surface area (Å²) in [5, 5.41) is 0. The van der Waals surface area contributed by atoms with Gasteiger partial charge in [0.25, 0.3) is 0 Å². The van der Waals surface area contributed by atoms with Crippen LogP contribution in [0.15, 0.2) is 11.3 Å². The summed E-state index contributed by atoms with van der Waals surface area (Å²) in [5.41, 5.74) is 0.564. The molecule has 0 aromatic heterocycles. The monoisotopic (exact) mass is 216 g/mol. The molecule has 0 aromatic rings. The van der Waals surface area contributed by atoms with Crippen molar-refractivity contribution in [2.75, 3.05) is 6.61 Å². The minimum atomic E-state index is -1.62. The quantitative estimate of drug-likeness (QED) is 0.314. The molecule has 0 aliphatic heterocycles. The number of hydrogen-bond acceptors (Lipinski definition) is 3. The van der Waals surface area contributed by atoms with Crippen LogP contribution in [0.25, 0.3) is 0 Å². The first-order valence-electron chi connectivity index (χ1n) is 4.81. The average Bonchev–Trinajstić information content (AvgIpc) is 2.00. The molecule has 82 valence electrons. The van der Waals surface area contributed by atoms with Crippen LogP contribution in [0.2, 0.25) is 19.6 Å². The minimum Gasteiger partial charge on any atom is -0.547 e. The second kappa shape index (κ2) is 5.19. The number of rotatable bonds is 4. The number of hydrogen-bond donors (Lipinski definition) is 0. The Morgan fingerprint density at radius 1 is 1.21 bits per heavy atom. The molecular weight excluding hydrogens is 196 g/mol. The molecule has 0 atom stereocenters. The third kappa shape index (κ3) is 5.06. The zero-order valence-corrected chi connectivity index (χ0v) is 10.9. The van der Waals surface area contributed by atoms with Gasteiger partial charge in [-0.15, -0.1) is 0 Å². The van der Waals surface area contributed by atoms with E-state index in [0.717, 1.165) is 0 Å². The van der Waals surface area contributed by atoms with Crippen molar-refractivity contribution in [2.45, 2.75) is 40.4 Å². The number of esters is 1. The summed E-state index contributed by atoms with van der Waals surface area (Å²) >= 11 is 0. The zero-order valence-electron chi connectivity index (χ0n) is 9.93. The van der Waals surface area contributed by atoms with E-state index in [-0.39, 0.29) is 5.97 Å². The van der Waals surface area contributed by atoms with E-state index in [0.29, 0.717) is 17.9 Å². The summed E-state index contributed by atoms with van der Waals surface area (Å²) in [4.78, 5) is 11.3. The second-order valence-electron chi connectivity index (χ2n) is 4.12. The van der Waals surface area contributed by atoms with Gasteiger partial charge in [0.05, 0.1) is 17.9 Å². The van der Waals surface area contributed by atoms with Gasteiger partial charge in [-0.2, -0.15) is 0 Å². The van der Waals surface area contributed by atoms with Crippen LogP contribution in [0, 0.1) is 0 Å². The third-order valence-electron chi connectivity index (χ3n) is 1.57. The average molecular weight is 216 g/mol. The molecule has 14 heavy (non-hydrogen) atoms. The molecule has 0 aliphatic carbocycles. The molecule has 0 heterocycles. The van der Waals surface area contributed by atoms with Crippen LogP contribution in [-0.4, -0.2) is 20.9 Å². The summed E-state index contributed by atoms with van der Waals surface area (Å²) in [5.74, 6) is 0.394. The predicted molar refractivity (Wildman–Crippen MR) is 59.4 cm³/mol. The number of carbonyl (C=O) groups is 1. The first kappa shape index (κ1) is 13.2. The number of carbonyl (C=O) groups excluding carboxylic acids is 1. The fourth-order valence-corrected chi connectivity index (χ4v) is 1.99. The van der Waals surface area contributed by atoms with Gasteiger partial charge >= 0.3 is 5.97 Å². The lowest BCUT2D eigenvalue weighted by Gasteiger charge is -2.20. The van der Waals surface area contributed by atoms with Crippen molar-refractivity contribution in [1.29, 1.82) is 0 Å². The topological polar surface area (TPSA) is 35.5 Å². The summed E-state index contributed by atoms with van der Waals surface area (Å²) in [6, 6.07) is 0. The Kier molecular flexibility index (Phi) is 4.91. The van der Waals surface area contributed by atoms with E-state index in [4.69, 9.17) is 9.16 Å². The normalized spacial score (nSPS) is 13.3. The van der Waals surface area contributed by atoms with Gasteiger partial charge in [-0.1, -0.05) is 0 Å². The molecule has 0 unspecified atom stereocenters. The molecule has 3 nitrogen and oxygen atoms in total. The van der Waals surface area contributed by atoms with Crippen molar-refractivity contribution in [1.82, 2.24) is 0 Å². The lowest BCUT2D eigenvalue weighted by Crippen LogP contribution is -2.25. The molecule has 0 bridgehead atoms. The maximum atomic E-state index is 11.3. The molecule has 0 saturated carbocycles. The summed E-state index contributed by atoms with van der Waals surface area (Å²) in [6.45, 7) is 12.0. The molecule has 0 aromatic carbocycles. The highest BCUT2D eigenvalue weighted by atomic mass is 28.4. The van der Waals surface area contributed by atoms with Crippen LogP contribution in [0.4, 0.5) is 0 Å². The van der Waals surface area contributed by atoms with Gasteiger partial charge in [-0.3, -0.25) is 0 Å². The molecule has 0 N–H and O–H groups in total. The third-order valence-corrected chi connectivity index (χ3v) is 2.49. The van der Waals surface area contributed by atoms with E-state index >= 15 is 0 Å². The van der Waals surface area contributed by atoms with Crippen LogP contribution in [-0.2, 0) is 14.0 Å². The van der Waals surface area contributed by atoms with Gasteiger partial charge in [0.2, 0.25) is 8.32 Å². The molecule has 0 radical (unpaired) electrons. The van der Waals surface area contributed by atoms with Crippen LogP contribution < -0.4 is 0 Å². The van der Waals surface area contributed by atoms with Crippen molar-refractivity contribution >= 4 is 14.3 Å². The Bertz CT molecular complexity index is 238. The predicted octanol–water partition coefficient (Wildman–Crippen LogP) is 2.69. The van der Waals surface area contributed by atoms with Crippen molar-refractivity contribution in [3.05, 3.63) is 11.3 Å². The van der Waals surface area contributed by atoms with Crippen LogP contribution in [0.5, 0.6) is 0 Å². The van der Waals surface area contributed by atoms with Gasteiger partial charge in [-0.25, -0.2) is 4.79 Å². The molecule has 0 spiro atoms. The summed E-state index contributed by atoms with van der Waals surface area (Å²) in [6.07, 6.45) is 0. The molecular formula is C10H20O3Si. The van der Waals surface area contributed by atoms with E-state index < -0.39 is 8.32 Å². The summed E-state index contributed by atoms with van der Waals surface area (Å²) in [7, 11) is -1.62. The molecule has 0 aliphatic rings. The van der Waals surface area contributed by atoms with Gasteiger partial charge in [0.15, 0.2) is 0 Å². The fraction of sp³-hybridized carbons (Fsp3) is 0.700. The number of ether oxygens (including phenoxy) is 1.